The van der Waals surface area contributed by atoms with Gasteiger partial charge in [0.25, 0.3) is 0 Å². The summed E-state index contributed by atoms with van der Waals surface area (Å²) >= 11 is 0. The summed E-state index contributed by atoms with van der Waals surface area (Å²) in [5.41, 5.74) is 0.835. The highest BCUT2D eigenvalue weighted by Gasteiger charge is 2.14. The minimum atomic E-state index is -0.874. The zero-order valence-electron chi connectivity index (χ0n) is 10.4. The molecule has 96 valence electrons. The molecule has 6 heteroatoms. The van der Waals surface area contributed by atoms with Crippen molar-refractivity contribution in [2.24, 2.45) is 0 Å². The molecule has 0 aliphatic heterocycles. The van der Waals surface area contributed by atoms with Gasteiger partial charge in [0.2, 0.25) is 5.89 Å². The van der Waals surface area contributed by atoms with Crippen molar-refractivity contribution in [3.05, 3.63) is 17.3 Å². The van der Waals surface area contributed by atoms with E-state index in [1.54, 1.807) is 12.0 Å². The Bertz CT molecular complexity index is 356. The van der Waals surface area contributed by atoms with Gasteiger partial charge in [0.1, 0.15) is 5.76 Å². The minimum absolute atomic E-state index is 0.0518. The van der Waals surface area contributed by atoms with E-state index in [-0.39, 0.29) is 6.54 Å². The van der Waals surface area contributed by atoms with E-state index in [0.717, 1.165) is 11.5 Å². The molecule has 1 heterocycles. The number of oxazole rings is 1. The van der Waals surface area contributed by atoms with Gasteiger partial charge in [-0.15, -0.1) is 0 Å². The number of aromatic nitrogens is 1. The lowest BCUT2D eigenvalue weighted by molar-refractivity contribution is -0.138. The highest BCUT2D eigenvalue weighted by atomic mass is 16.5. The van der Waals surface area contributed by atoms with Crippen molar-refractivity contribution in [1.82, 2.24) is 9.88 Å². The van der Waals surface area contributed by atoms with Crippen molar-refractivity contribution in [2.45, 2.75) is 20.4 Å². The van der Waals surface area contributed by atoms with Crippen molar-refractivity contribution in [3.63, 3.8) is 0 Å². The third kappa shape index (κ3) is 4.54. The quantitative estimate of drug-likeness (QED) is 0.763. The average Bonchev–Trinajstić information content (AvgIpc) is 2.54. The van der Waals surface area contributed by atoms with Crippen LogP contribution < -0.4 is 0 Å². The van der Waals surface area contributed by atoms with Gasteiger partial charge in [-0.1, -0.05) is 0 Å². The Morgan fingerprint density at radius 3 is 2.71 bits per heavy atom. The van der Waals surface area contributed by atoms with E-state index in [4.69, 9.17) is 14.3 Å². The average molecular weight is 242 g/mol. The van der Waals surface area contributed by atoms with Crippen LogP contribution in [0.3, 0.4) is 0 Å². The van der Waals surface area contributed by atoms with Gasteiger partial charge < -0.3 is 14.3 Å². The molecule has 0 saturated carbocycles. The Labute approximate surface area is 100 Å². The van der Waals surface area contributed by atoms with E-state index in [2.05, 4.69) is 4.98 Å². The van der Waals surface area contributed by atoms with E-state index in [9.17, 15) is 4.79 Å². The van der Waals surface area contributed by atoms with E-state index >= 15 is 0 Å². The predicted octanol–water partition coefficient (Wildman–Crippen LogP) is 0.824. The summed E-state index contributed by atoms with van der Waals surface area (Å²) in [5.74, 6) is 0.431. The van der Waals surface area contributed by atoms with Crippen LogP contribution in [-0.4, -0.2) is 47.8 Å². The molecule has 0 fully saturated rings. The van der Waals surface area contributed by atoms with Crippen molar-refractivity contribution in [3.8, 4) is 0 Å². The fourth-order valence-corrected chi connectivity index (χ4v) is 1.42. The number of hydrogen-bond donors (Lipinski definition) is 1. The molecule has 0 aromatic carbocycles. The summed E-state index contributed by atoms with van der Waals surface area (Å²) in [7, 11) is 1.58. The Kier molecular flexibility index (Phi) is 5.11. The molecule has 0 atom stereocenters. The lowest BCUT2D eigenvalue weighted by Gasteiger charge is -2.17. The third-order valence-corrected chi connectivity index (χ3v) is 2.40. The largest absolute Gasteiger partial charge is 0.480 e. The van der Waals surface area contributed by atoms with Crippen LogP contribution in [0.15, 0.2) is 4.42 Å². The Balaban J connectivity index is 2.60. The van der Waals surface area contributed by atoms with Crippen molar-refractivity contribution < 1.29 is 19.1 Å². The summed E-state index contributed by atoms with van der Waals surface area (Å²) < 4.78 is 10.4. The second-order valence-electron chi connectivity index (χ2n) is 3.85. The van der Waals surface area contributed by atoms with Crippen molar-refractivity contribution in [2.75, 3.05) is 26.8 Å². The van der Waals surface area contributed by atoms with Crippen LogP contribution in [0.2, 0.25) is 0 Å². The number of carboxylic acid groups (broad SMARTS) is 1. The molecule has 0 aliphatic carbocycles. The van der Waals surface area contributed by atoms with E-state index < -0.39 is 5.97 Å². The van der Waals surface area contributed by atoms with Gasteiger partial charge in [0.05, 0.1) is 25.4 Å². The van der Waals surface area contributed by atoms with Crippen LogP contribution in [-0.2, 0) is 16.1 Å². The summed E-state index contributed by atoms with van der Waals surface area (Å²) in [6.07, 6.45) is 0. The van der Waals surface area contributed by atoms with Gasteiger partial charge in [-0.3, -0.25) is 9.69 Å². The number of nitrogens with zero attached hydrogens (tertiary/aromatic N) is 2. The number of rotatable bonds is 7. The molecule has 0 unspecified atom stereocenters. The summed E-state index contributed by atoms with van der Waals surface area (Å²) in [5, 5.41) is 8.79. The number of carboxylic acids is 1. The Morgan fingerprint density at radius 2 is 2.24 bits per heavy atom. The highest BCUT2D eigenvalue weighted by molar-refractivity contribution is 5.69. The highest BCUT2D eigenvalue weighted by Crippen LogP contribution is 2.10. The monoisotopic (exact) mass is 242 g/mol. The SMILES string of the molecule is COCCN(CC(=O)O)Cc1nc(C)c(C)o1. The number of methoxy groups -OCH3 is 1. The first-order valence-corrected chi connectivity index (χ1v) is 5.39. The summed E-state index contributed by atoms with van der Waals surface area (Å²) in [6.45, 7) is 5.03. The molecule has 17 heavy (non-hydrogen) atoms. The molecular weight excluding hydrogens is 224 g/mol. The van der Waals surface area contributed by atoms with E-state index in [1.807, 2.05) is 13.8 Å². The second kappa shape index (κ2) is 6.36. The van der Waals surface area contributed by atoms with Crippen LogP contribution in [0, 0.1) is 13.8 Å². The standard InChI is InChI=1S/C11H18N2O4/c1-8-9(2)17-10(12-8)6-13(4-5-16-3)7-11(14)15/h4-7H2,1-3H3,(H,14,15). The van der Waals surface area contributed by atoms with Gasteiger partial charge in [0.15, 0.2) is 0 Å². The molecule has 1 N–H and O–H groups in total. The van der Waals surface area contributed by atoms with Gasteiger partial charge in [-0.25, -0.2) is 4.98 Å². The van der Waals surface area contributed by atoms with Crippen LogP contribution in [0.5, 0.6) is 0 Å². The maximum atomic E-state index is 10.7. The van der Waals surface area contributed by atoms with Crippen LogP contribution in [0.25, 0.3) is 0 Å². The zero-order chi connectivity index (χ0) is 12.8. The summed E-state index contributed by atoms with van der Waals surface area (Å²) in [6, 6.07) is 0. The first-order valence-electron chi connectivity index (χ1n) is 5.39. The first kappa shape index (κ1) is 13.7. The van der Waals surface area contributed by atoms with Crippen LogP contribution in [0.1, 0.15) is 17.3 Å². The Morgan fingerprint density at radius 1 is 1.53 bits per heavy atom. The lowest BCUT2D eigenvalue weighted by atomic mass is 10.4. The van der Waals surface area contributed by atoms with Gasteiger partial charge in [0, 0.05) is 13.7 Å². The molecule has 1 rings (SSSR count). The van der Waals surface area contributed by atoms with Crippen LogP contribution in [0.4, 0.5) is 0 Å². The van der Waals surface area contributed by atoms with Crippen molar-refractivity contribution in [1.29, 1.82) is 0 Å². The number of aliphatic carboxylic acids is 1. The maximum absolute atomic E-state index is 10.7. The summed E-state index contributed by atoms with van der Waals surface area (Å²) in [4.78, 5) is 16.6. The first-order chi connectivity index (χ1) is 8.02. The Hall–Kier alpha value is -1.40. The normalized spacial score (nSPS) is 11.1. The topological polar surface area (TPSA) is 75.8 Å². The molecule has 0 spiro atoms. The lowest BCUT2D eigenvalue weighted by Crippen LogP contribution is -2.32. The van der Waals surface area contributed by atoms with Gasteiger partial charge >= 0.3 is 5.97 Å². The zero-order valence-corrected chi connectivity index (χ0v) is 10.4. The molecule has 6 nitrogen and oxygen atoms in total. The fourth-order valence-electron chi connectivity index (χ4n) is 1.42. The van der Waals surface area contributed by atoms with Gasteiger partial charge in [-0.2, -0.15) is 0 Å². The molecule has 0 radical (unpaired) electrons. The van der Waals surface area contributed by atoms with Crippen molar-refractivity contribution >= 4 is 5.97 Å². The molecule has 0 saturated heterocycles. The van der Waals surface area contributed by atoms with E-state index in [0.29, 0.717) is 25.6 Å². The third-order valence-electron chi connectivity index (χ3n) is 2.40. The molecule has 0 aliphatic rings. The number of aryl methyl sites for hydroxylation is 2. The number of hydrogen-bond acceptors (Lipinski definition) is 5. The van der Waals surface area contributed by atoms with Gasteiger partial charge in [-0.05, 0) is 13.8 Å². The number of ether oxygens (including phenoxy) is 1. The maximum Gasteiger partial charge on any atom is 0.317 e. The molecule has 1 aromatic rings. The minimum Gasteiger partial charge on any atom is -0.480 e. The van der Waals surface area contributed by atoms with E-state index in [1.165, 1.54) is 0 Å². The second-order valence-corrected chi connectivity index (χ2v) is 3.85. The fraction of sp³-hybridized carbons (Fsp3) is 0.636. The molecule has 1 aromatic heterocycles. The molecular formula is C11H18N2O4. The van der Waals surface area contributed by atoms with Crippen LogP contribution >= 0.6 is 0 Å². The predicted molar refractivity (Wildman–Crippen MR) is 60.8 cm³/mol. The number of carbonyl (C=O) groups is 1. The molecule has 0 bridgehead atoms. The smallest absolute Gasteiger partial charge is 0.317 e. The molecule has 0 amide bonds.